The predicted molar refractivity (Wildman–Crippen MR) is 89.0 cm³/mol. The molecule has 120 valence electrons. The lowest BCUT2D eigenvalue weighted by atomic mass is 10.1. The Balaban J connectivity index is 1.58. The molecule has 0 spiro atoms. The van der Waals surface area contributed by atoms with E-state index in [2.05, 4.69) is 4.90 Å². The van der Waals surface area contributed by atoms with Gasteiger partial charge in [0.25, 0.3) is 5.91 Å². The van der Waals surface area contributed by atoms with Crippen LogP contribution in [0.25, 0.3) is 0 Å². The molecular weight excluding hydrogens is 315 g/mol. The Labute approximate surface area is 140 Å². The minimum atomic E-state index is -0.381. The first-order valence-electron chi connectivity index (χ1n) is 7.64. The van der Waals surface area contributed by atoms with Crippen molar-refractivity contribution >= 4 is 17.5 Å². The van der Waals surface area contributed by atoms with Crippen LogP contribution in [0.3, 0.4) is 0 Å². The van der Waals surface area contributed by atoms with E-state index in [1.165, 1.54) is 12.1 Å². The standard InChI is InChI=1S/C18H18ClFN2O/c19-17-7-2-1-4-15(17)13-21-8-10-22(11-9-21)18(23)14-5-3-6-16(20)12-14/h1-7,12H,8-11,13H2. The van der Waals surface area contributed by atoms with Gasteiger partial charge in [0.15, 0.2) is 0 Å². The van der Waals surface area contributed by atoms with Crippen LogP contribution in [0.5, 0.6) is 0 Å². The monoisotopic (exact) mass is 332 g/mol. The average Bonchev–Trinajstić information content (AvgIpc) is 2.57. The van der Waals surface area contributed by atoms with Gasteiger partial charge in [0.05, 0.1) is 0 Å². The number of hydrogen-bond acceptors (Lipinski definition) is 2. The van der Waals surface area contributed by atoms with Gasteiger partial charge in [-0.1, -0.05) is 35.9 Å². The Morgan fingerprint density at radius 2 is 1.78 bits per heavy atom. The van der Waals surface area contributed by atoms with E-state index in [-0.39, 0.29) is 11.7 Å². The van der Waals surface area contributed by atoms with Gasteiger partial charge in [-0.25, -0.2) is 4.39 Å². The number of amides is 1. The Morgan fingerprint density at radius 1 is 1.04 bits per heavy atom. The zero-order chi connectivity index (χ0) is 16.2. The molecule has 0 saturated carbocycles. The molecule has 3 rings (SSSR count). The Bertz CT molecular complexity index is 699. The molecule has 1 amide bonds. The molecule has 1 aliphatic heterocycles. The number of hydrogen-bond donors (Lipinski definition) is 0. The summed E-state index contributed by atoms with van der Waals surface area (Å²) in [7, 11) is 0. The second-order valence-electron chi connectivity index (χ2n) is 5.67. The van der Waals surface area contributed by atoms with Crippen molar-refractivity contribution in [2.45, 2.75) is 6.54 Å². The van der Waals surface area contributed by atoms with E-state index >= 15 is 0 Å². The molecule has 23 heavy (non-hydrogen) atoms. The Hall–Kier alpha value is -1.91. The normalized spacial score (nSPS) is 15.7. The number of rotatable bonds is 3. The van der Waals surface area contributed by atoms with Crippen LogP contribution < -0.4 is 0 Å². The van der Waals surface area contributed by atoms with E-state index in [4.69, 9.17) is 11.6 Å². The van der Waals surface area contributed by atoms with Crippen LogP contribution in [0.2, 0.25) is 5.02 Å². The van der Waals surface area contributed by atoms with Gasteiger partial charge in [-0.3, -0.25) is 9.69 Å². The zero-order valence-corrected chi connectivity index (χ0v) is 13.5. The van der Waals surface area contributed by atoms with Gasteiger partial charge < -0.3 is 4.90 Å². The highest BCUT2D eigenvalue weighted by Gasteiger charge is 2.22. The molecule has 0 atom stereocenters. The van der Waals surface area contributed by atoms with E-state index in [1.807, 2.05) is 24.3 Å². The van der Waals surface area contributed by atoms with Gasteiger partial charge in [0.1, 0.15) is 5.82 Å². The van der Waals surface area contributed by atoms with Crippen LogP contribution in [0, 0.1) is 5.82 Å². The van der Waals surface area contributed by atoms with Crippen molar-refractivity contribution in [2.75, 3.05) is 26.2 Å². The van der Waals surface area contributed by atoms with Crippen LogP contribution >= 0.6 is 11.6 Å². The van der Waals surface area contributed by atoms with Gasteiger partial charge in [-0.15, -0.1) is 0 Å². The van der Waals surface area contributed by atoms with Crippen molar-refractivity contribution < 1.29 is 9.18 Å². The van der Waals surface area contributed by atoms with E-state index in [9.17, 15) is 9.18 Å². The third-order valence-corrected chi connectivity index (χ3v) is 4.45. The topological polar surface area (TPSA) is 23.6 Å². The molecule has 0 radical (unpaired) electrons. The second-order valence-corrected chi connectivity index (χ2v) is 6.08. The molecule has 1 saturated heterocycles. The number of nitrogens with zero attached hydrogens (tertiary/aromatic N) is 2. The lowest BCUT2D eigenvalue weighted by molar-refractivity contribution is 0.0628. The minimum Gasteiger partial charge on any atom is -0.336 e. The first-order valence-corrected chi connectivity index (χ1v) is 8.02. The molecule has 2 aromatic rings. The van der Waals surface area contributed by atoms with E-state index in [0.29, 0.717) is 18.7 Å². The number of halogens is 2. The smallest absolute Gasteiger partial charge is 0.254 e. The summed E-state index contributed by atoms with van der Waals surface area (Å²) in [4.78, 5) is 16.4. The number of benzene rings is 2. The van der Waals surface area contributed by atoms with E-state index in [0.717, 1.165) is 30.2 Å². The maximum atomic E-state index is 13.2. The highest BCUT2D eigenvalue weighted by Crippen LogP contribution is 2.18. The van der Waals surface area contributed by atoms with Gasteiger partial charge >= 0.3 is 0 Å². The summed E-state index contributed by atoms with van der Waals surface area (Å²) in [5, 5.41) is 0.769. The number of carbonyl (C=O) groups excluding carboxylic acids is 1. The summed E-state index contributed by atoms with van der Waals surface area (Å²) in [6.45, 7) is 3.62. The lowest BCUT2D eigenvalue weighted by Gasteiger charge is -2.35. The molecular formula is C18H18ClFN2O. The summed E-state index contributed by atoms with van der Waals surface area (Å²) < 4.78 is 13.2. The van der Waals surface area contributed by atoms with Crippen molar-refractivity contribution in [3.05, 3.63) is 70.5 Å². The molecule has 1 aliphatic rings. The largest absolute Gasteiger partial charge is 0.336 e. The first kappa shape index (κ1) is 16.0. The van der Waals surface area contributed by atoms with Crippen LogP contribution in [0.1, 0.15) is 15.9 Å². The van der Waals surface area contributed by atoms with Gasteiger partial charge in [0, 0.05) is 43.3 Å². The van der Waals surface area contributed by atoms with Gasteiger partial charge in [-0.05, 0) is 29.8 Å². The molecule has 0 aliphatic carbocycles. The molecule has 1 heterocycles. The molecule has 2 aromatic carbocycles. The highest BCUT2D eigenvalue weighted by molar-refractivity contribution is 6.31. The average molecular weight is 333 g/mol. The van der Waals surface area contributed by atoms with E-state index in [1.54, 1.807) is 17.0 Å². The molecule has 0 N–H and O–H groups in total. The molecule has 1 fully saturated rings. The van der Waals surface area contributed by atoms with Crippen molar-refractivity contribution in [3.8, 4) is 0 Å². The summed E-state index contributed by atoms with van der Waals surface area (Å²) in [6.07, 6.45) is 0. The Kier molecular flexibility index (Phi) is 4.94. The number of carbonyl (C=O) groups is 1. The fourth-order valence-corrected chi connectivity index (χ4v) is 2.98. The summed E-state index contributed by atoms with van der Waals surface area (Å²) in [5.74, 6) is -0.491. The predicted octanol–water partition coefficient (Wildman–Crippen LogP) is 3.44. The molecule has 0 bridgehead atoms. The summed E-state index contributed by atoms with van der Waals surface area (Å²) in [6, 6.07) is 13.7. The molecule has 3 nitrogen and oxygen atoms in total. The molecule has 0 unspecified atom stereocenters. The van der Waals surface area contributed by atoms with Crippen LogP contribution in [0.4, 0.5) is 4.39 Å². The SMILES string of the molecule is O=C(c1cccc(F)c1)N1CCN(Cc2ccccc2Cl)CC1. The van der Waals surface area contributed by atoms with Crippen molar-refractivity contribution in [1.29, 1.82) is 0 Å². The fraction of sp³-hybridized carbons (Fsp3) is 0.278. The van der Waals surface area contributed by atoms with Crippen LogP contribution in [-0.2, 0) is 6.54 Å². The quantitative estimate of drug-likeness (QED) is 0.859. The fourth-order valence-electron chi connectivity index (χ4n) is 2.78. The van der Waals surface area contributed by atoms with Crippen LogP contribution in [0.15, 0.2) is 48.5 Å². The first-order chi connectivity index (χ1) is 11.1. The molecule has 0 aromatic heterocycles. The maximum Gasteiger partial charge on any atom is 0.254 e. The van der Waals surface area contributed by atoms with E-state index < -0.39 is 0 Å². The highest BCUT2D eigenvalue weighted by atomic mass is 35.5. The number of piperazine rings is 1. The van der Waals surface area contributed by atoms with Crippen molar-refractivity contribution in [2.24, 2.45) is 0 Å². The third kappa shape index (κ3) is 3.89. The molecule has 5 heteroatoms. The van der Waals surface area contributed by atoms with Crippen molar-refractivity contribution in [3.63, 3.8) is 0 Å². The lowest BCUT2D eigenvalue weighted by Crippen LogP contribution is -2.48. The van der Waals surface area contributed by atoms with Gasteiger partial charge in [-0.2, -0.15) is 0 Å². The minimum absolute atomic E-state index is 0.109. The second kappa shape index (κ2) is 7.11. The maximum absolute atomic E-state index is 13.2. The Morgan fingerprint density at radius 3 is 2.48 bits per heavy atom. The zero-order valence-electron chi connectivity index (χ0n) is 12.7. The summed E-state index contributed by atoms with van der Waals surface area (Å²) in [5.41, 5.74) is 1.50. The third-order valence-electron chi connectivity index (χ3n) is 4.08. The van der Waals surface area contributed by atoms with Gasteiger partial charge in [0.2, 0.25) is 0 Å². The van der Waals surface area contributed by atoms with Crippen molar-refractivity contribution in [1.82, 2.24) is 9.80 Å². The summed E-state index contributed by atoms with van der Waals surface area (Å²) >= 11 is 6.19. The van der Waals surface area contributed by atoms with Crippen LogP contribution in [-0.4, -0.2) is 41.9 Å².